The maximum absolute atomic E-state index is 8.58. The van der Waals surface area contributed by atoms with Crippen LogP contribution >= 0.6 is 0 Å². The predicted octanol–water partition coefficient (Wildman–Crippen LogP) is -3.00. The summed E-state index contributed by atoms with van der Waals surface area (Å²) < 4.78 is 34.3. The van der Waals surface area contributed by atoms with E-state index in [1.54, 1.807) is 0 Å². The molecule has 0 atom stereocenters. The van der Waals surface area contributed by atoms with Gasteiger partial charge in [0, 0.05) is 0 Å². The molecule has 4 nitrogen and oxygen atoms in total. The van der Waals surface area contributed by atoms with E-state index in [-0.39, 0.29) is 42.7 Å². The van der Waals surface area contributed by atoms with Crippen molar-refractivity contribution in [2.45, 2.75) is 0 Å². The second kappa shape index (κ2) is 5.55. The van der Waals surface area contributed by atoms with E-state index >= 15 is 0 Å². The molecular formula is BiMnNiO4+3. The topological polar surface area (TPSA) is 80.3 Å². The van der Waals surface area contributed by atoms with Crippen LogP contribution in [0.4, 0.5) is 0 Å². The van der Waals surface area contributed by atoms with Crippen LogP contribution in [0.15, 0.2) is 0 Å². The zero-order chi connectivity index (χ0) is 4.50. The van der Waals surface area contributed by atoms with Crippen molar-refractivity contribution in [2.75, 3.05) is 0 Å². The first kappa shape index (κ1) is 15.8. The molecule has 0 heterocycles. The molecule has 0 aromatic rings. The Morgan fingerprint density at radius 2 is 1.14 bits per heavy atom. The molecular weight excluding hydrogens is 387 g/mol. The van der Waals surface area contributed by atoms with Crippen molar-refractivity contribution < 1.29 is 45.9 Å². The molecule has 0 fully saturated rings. The zero-order valence-electron chi connectivity index (χ0n) is 2.77. The van der Waals surface area contributed by atoms with Gasteiger partial charge in [-0.3, -0.25) is 0 Å². The van der Waals surface area contributed by atoms with E-state index in [1.807, 2.05) is 0 Å². The van der Waals surface area contributed by atoms with Crippen LogP contribution in [0.2, 0.25) is 0 Å². The maximum atomic E-state index is 8.58. The Kier molecular flexibility index (Phi) is 12.5. The van der Waals surface area contributed by atoms with Crippen molar-refractivity contribution in [3.05, 3.63) is 0 Å². The van der Waals surface area contributed by atoms with Gasteiger partial charge < -0.3 is 0 Å². The summed E-state index contributed by atoms with van der Waals surface area (Å²) in [4.78, 5) is 0. The SMILES string of the molecule is [Bi+3].[Ni+2].[O]=[Mn](=[O])([O-])[O-]. The van der Waals surface area contributed by atoms with Gasteiger partial charge in [-0.25, -0.2) is 0 Å². The second-order valence-corrected chi connectivity index (χ2v) is 1.56. The van der Waals surface area contributed by atoms with E-state index in [0.717, 1.165) is 0 Å². The molecule has 0 rings (SSSR count). The predicted molar refractivity (Wildman–Crippen MR) is 7.13 cm³/mol. The van der Waals surface area contributed by atoms with Gasteiger partial charge in [-0.2, -0.15) is 0 Å². The zero-order valence-corrected chi connectivity index (χ0v) is 8.42. The van der Waals surface area contributed by atoms with Crippen LogP contribution in [0.1, 0.15) is 0 Å². The van der Waals surface area contributed by atoms with Crippen molar-refractivity contribution in [3.63, 3.8) is 0 Å². The van der Waals surface area contributed by atoms with Crippen LogP contribution in [-0.2, 0) is 37.5 Å². The third kappa shape index (κ3) is 108. The summed E-state index contributed by atoms with van der Waals surface area (Å²) in [7, 11) is 0. The van der Waals surface area contributed by atoms with Gasteiger partial charge in [-0.15, -0.1) is 0 Å². The minimum atomic E-state index is -5.62. The van der Waals surface area contributed by atoms with Crippen LogP contribution in [0, 0.1) is 0 Å². The van der Waals surface area contributed by atoms with Crippen molar-refractivity contribution in [3.8, 4) is 0 Å². The Labute approximate surface area is 71.6 Å². The summed E-state index contributed by atoms with van der Waals surface area (Å²) in [6.45, 7) is 0. The second-order valence-electron chi connectivity index (χ2n) is 0.378. The fourth-order valence-electron chi connectivity index (χ4n) is 0. The van der Waals surface area contributed by atoms with Crippen molar-refractivity contribution in [2.24, 2.45) is 0 Å². The molecule has 0 aliphatic carbocycles. The molecule has 0 N–H and O–H groups in total. The van der Waals surface area contributed by atoms with Gasteiger partial charge in [0.05, 0.1) is 0 Å². The monoisotopic (exact) mass is 386 g/mol. The minimum absolute atomic E-state index is 0. The Balaban J connectivity index is -0.0000000800. The van der Waals surface area contributed by atoms with Gasteiger partial charge in [-0.05, 0) is 0 Å². The third-order valence-corrected chi connectivity index (χ3v) is 0. The van der Waals surface area contributed by atoms with Crippen LogP contribution < -0.4 is 8.38 Å². The fourth-order valence-corrected chi connectivity index (χ4v) is 0. The van der Waals surface area contributed by atoms with Crippen LogP contribution in [0.25, 0.3) is 0 Å². The first-order valence-electron chi connectivity index (χ1n) is 0.617. The van der Waals surface area contributed by atoms with Gasteiger partial charge in [0.2, 0.25) is 0 Å². The van der Waals surface area contributed by atoms with E-state index in [4.69, 9.17) is 16.0 Å². The molecule has 0 aromatic heterocycles. The van der Waals surface area contributed by atoms with Gasteiger partial charge >= 0.3 is 72.1 Å². The standard InChI is InChI=1S/Bi.Mn.Ni.4O/q+3;;+2;;;2*-1. The molecule has 2 radical (unpaired) electrons. The normalized spacial score (nSPS) is 8.29. The van der Waals surface area contributed by atoms with Crippen molar-refractivity contribution in [1.82, 2.24) is 0 Å². The van der Waals surface area contributed by atoms with Gasteiger partial charge in [0.1, 0.15) is 0 Å². The summed E-state index contributed by atoms with van der Waals surface area (Å²) in [5.74, 6) is 0. The fraction of sp³-hybridized carbons (Fsp3) is 0. The molecule has 0 aliphatic rings. The van der Waals surface area contributed by atoms with Crippen molar-refractivity contribution in [1.29, 1.82) is 0 Å². The molecule has 0 aromatic carbocycles. The Hall–Kier alpha value is 1.42. The summed E-state index contributed by atoms with van der Waals surface area (Å²) >= 11 is -5.62. The Morgan fingerprint density at radius 1 is 1.14 bits per heavy atom. The summed E-state index contributed by atoms with van der Waals surface area (Å²) in [5.41, 5.74) is 0. The molecule has 7 heteroatoms. The average Bonchev–Trinajstić information content (AvgIpc) is 0.722. The summed E-state index contributed by atoms with van der Waals surface area (Å²) in [6.07, 6.45) is 0. The molecule has 0 bridgehead atoms. The molecule has 0 unspecified atom stereocenters. The molecule has 0 saturated heterocycles. The van der Waals surface area contributed by atoms with Crippen LogP contribution in [0.3, 0.4) is 0 Å². The van der Waals surface area contributed by atoms with E-state index in [1.165, 1.54) is 0 Å². The molecule has 0 amide bonds. The Morgan fingerprint density at radius 3 is 1.14 bits per heavy atom. The molecule has 0 saturated carbocycles. The molecule has 43 valence electrons. The first-order chi connectivity index (χ1) is 2.00. The quantitative estimate of drug-likeness (QED) is 0.416. The van der Waals surface area contributed by atoms with Gasteiger partial charge in [-0.1, -0.05) is 0 Å². The number of rotatable bonds is 0. The molecule has 0 aliphatic heterocycles. The van der Waals surface area contributed by atoms with E-state index in [2.05, 4.69) is 0 Å². The summed E-state index contributed by atoms with van der Waals surface area (Å²) in [5, 5.41) is 0. The average molecular weight is 387 g/mol. The van der Waals surface area contributed by atoms with Crippen LogP contribution in [-0.4, -0.2) is 26.2 Å². The molecule has 0 spiro atoms. The molecule has 7 heavy (non-hydrogen) atoms. The van der Waals surface area contributed by atoms with Gasteiger partial charge in [0.25, 0.3) is 0 Å². The number of hydrogen-bond acceptors (Lipinski definition) is 4. The van der Waals surface area contributed by atoms with Gasteiger partial charge in [0.15, 0.2) is 0 Å². The van der Waals surface area contributed by atoms with E-state index in [9.17, 15) is 0 Å². The first-order valence-corrected chi connectivity index (χ1v) is 2.54. The van der Waals surface area contributed by atoms with Crippen molar-refractivity contribution >= 4 is 26.2 Å². The van der Waals surface area contributed by atoms with E-state index in [0.29, 0.717) is 0 Å². The number of hydrogen-bond donors (Lipinski definition) is 0. The third-order valence-electron chi connectivity index (χ3n) is 0. The Bertz CT molecular complexity index is 94.9. The summed E-state index contributed by atoms with van der Waals surface area (Å²) in [6, 6.07) is 0. The van der Waals surface area contributed by atoms with E-state index < -0.39 is 13.4 Å². The van der Waals surface area contributed by atoms with Crippen LogP contribution in [0.5, 0.6) is 0 Å².